The fourth-order valence-corrected chi connectivity index (χ4v) is 3.96. The third-order valence-electron chi connectivity index (χ3n) is 4.69. The Morgan fingerprint density at radius 2 is 1.77 bits per heavy atom. The van der Waals surface area contributed by atoms with Gasteiger partial charge in [-0.3, -0.25) is 9.59 Å². The normalized spacial score (nSPS) is 11.9. The molecule has 0 aliphatic heterocycles. The molecule has 1 unspecified atom stereocenters. The highest BCUT2D eigenvalue weighted by atomic mass is 35.5. The van der Waals surface area contributed by atoms with Gasteiger partial charge in [-0.15, -0.1) is 11.8 Å². The maximum absolute atomic E-state index is 13.1. The first-order valence-corrected chi connectivity index (χ1v) is 11.7. The number of hydrogen-bond donors (Lipinski definition) is 1. The van der Waals surface area contributed by atoms with Crippen LogP contribution in [0.4, 0.5) is 0 Å². The summed E-state index contributed by atoms with van der Waals surface area (Å²) in [5.74, 6) is 1.23. The molecule has 4 nitrogen and oxygen atoms in total. The minimum absolute atomic E-state index is 0.0392. The van der Waals surface area contributed by atoms with Gasteiger partial charge in [0, 0.05) is 23.9 Å². The van der Waals surface area contributed by atoms with E-state index in [2.05, 4.69) is 11.4 Å². The first-order chi connectivity index (χ1) is 14.3. The molecule has 2 rings (SSSR count). The van der Waals surface area contributed by atoms with Crippen LogP contribution in [0, 0.1) is 12.8 Å². The molecule has 2 aromatic rings. The quantitative estimate of drug-likeness (QED) is 0.554. The summed E-state index contributed by atoms with van der Waals surface area (Å²) >= 11 is 7.47. The first kappa shape index (κ1) is 24.3. The Bertz CT molecular complexity index is 839. The Labute approximate surface area is 189 Å². The van der Waals surface area contributed by atoms with Crippen LogP contribution >= 0.6 is 23.4 Å². The monoisotopic (exact) mass is 446 g/mol. The van der Waals surface area contributed by atoms with E-state index in [9.17, 15) is 9.59 Å². The summed E-state index contributed by atoms with van der Waals surface area (Å²) in [6.07, 6.45) is 0. The second-order valence-electron chi connectivity index (χ2n) is 7.94. The van der Waals surface area contributed by atoms with Gasteiger partial charge in [0.15, 0.2) is 0 Å². The lowest BCUT2D eigenvalue weighted by atomic mass is 10.1. The van der Waals surface area contributed by atoms with E-state index in [0.29, 0.717) is 29.8 Å². The second kappa shape index (κ2) is 12.0. The molecule has 2 amide bonds. The average molecular weight is 447 g/mol. The number of amides is 2. The zero-order valence-corrected chi connectivity index (χ0v) is 19.7. The van der Waals surface area contributed by atoms with Crippen molar-refractivity contribution in [3.05, 3.63) is 70.2 Å². The van der Waals surface area contributed by atoms with Gasteiger partial charge in [-0.1, -0.05) is 67.4 Å². The van der Waals surface area contributed by atoms with Gasteiger partial charge in [-0.2, -0.15) is 0 Å². The highest BCUT2D eigenvalue weighted by molar-refractivity contribution is 7.99. The summed E-state index contributed by atoms with van der Waals surface area (Å²) in [4.78, 5) is 27.4. The molecule has 0 spiro atoms. The van der Waals surface area contributed by atoms with Crippen molar-refractivity contribution in [1.29, 1.82) is 0 Å². The number of carbonyl (C=O) groups is 2. The van der Waals surface area contributed by atoms with Crippen LogP contribution in [0.3, 0.4) is 0 Å². The summed E-state index contributed by atoms with van der Waals surface area (Å²) in [6.45, 7) is 8.94. The molecule has 0 saturated carbocycles. The van der Waals surface area contributed by atoms with E-state index in [-0.39, 0.29) is 11.8 Å². The van der Waals surface area contributed by atoms with Gasteiger partial charge >= 0.3 is 0 Å². The van der Waals surface area contributed by atoms with Gasteiger partial charge < -0.3 is 10.2 Å². The average Bonchev–Trinajstić information content (AvgIpc) is 2.71. The van der Waals surface area contributed by atoms with Crippen molar-refractivity contribution in [3.8, 4) is 0 Å². The molecule has 0 saturated heterocycles. The highest BCUT2D eigenvalue weighted by Crippen LogP contribution is 2.18. The lowest BCUT2D eigenvalue weighted by Gasteiger charge is -2.29. The van der Waals surface area contributed by atoms with Crippen LogP contribution in [-0.2, 0) is 21.9 Å². The van der Waals surface area contributed by atoms with E-state index in [1.54, 1.807) is 23.6 Å². The Morgan fingerprint density at radius 1 is 1.07 bits per heavy atom. The number of nitrogens with zero attached hydrogens (tertiary/aromatic N) is 1. The fourth-order valence-electron chi connectivity index (χ4n) is 2.96. The van der Waals surface area contributed by atoms with Gasteiger partial charge in [-0.05, 0) is 43.0 Å². The standard InChI is InChI=1S/C24H31ClN2O2S/c1-17(2)13-26-24(29)19(4)27(14-21-7-5-6-18(3)12-21)23(28)16-30-15-20-8-10-22(25)11-9-20/h5-12,17,19H,13-16H2,1-4H3,(H,26,29). The number of nitrogens with one attached hydrogen (secondary N) is 1. The number of hydrogen-bond acceptors (Lipinski definition) is 3. The lowest BCUT2D eigenvalue weighted by Crippen LogP contribution is -2.48. The number of carbonyl (C=O) groups excluding carboxylic acids is 2. The molecule has 1 N–H and O–H groups in total. The zero-order valence-electron chi connectivity index (χ0n) is 18.2. The predicted octanol–water partition coefficient (Wildman–Crippen LogP) is 5.07. The van der Waals surface area contributed by atoms with Crippen molar-refractivity contribution in [3.63, 3.8) is 0 Å². The van der Waals surface area contributed by atoms with E-state index >= 15 is 0 Å². The second-order valence-corrected chi connectivity index (χ2v) is 9.37. The Hall–Kier alpha value is -1.98. The van der Waals surface area contributed by atoms with E-state index < -0.39 is 6.04 Å². The molecular formula is C24H31ClN2O2S. The van der Waals surface area contributed by atoms with E-state index in [4.69, 9.17) is 11.6 Å². The van der Waals surface area contributed by atoms with Gasteiger partial charge in [-0.25, -0.2) is 0 Å². The van der Waals surface area contributed by atoms with Crippen LogP contribution in [0.25, 0.3) is 0 Å². The molecular weight excluding hydrogens is 416 g/mol. The number of thioether (sulfide) groups is 1. The zero-order chi connectivity index (χ0) is 22.1. The number of rotatable bonds is 10. The van der Waals surface area contributed by atoms with Gasteiger partial charge in [0.05, 0.1) is 5.75 Å². The summed E-state index contributed by atoms with van der Waals surface area (Å²) < 4.78 is 0. The Kier molecular flexibility index (Phi) is 9.73. The molecule has 0 heterocycles. The van der Waals surface area contributed by atoms with Gasteiger partial charge in [0.1, 0.15) is 6.04 Å². The molecule has 6 heteroatoms. The smallest absolute Gasteiger partial charge is 0.242 e. The minimum atomic E-state index is -0.534. The molecule has 162 valence electrons. The van der Waals surface area contributed by atoms with Crippen molar-refractivity contribution in [2.45, 2.75) is 46.0 Å². The molecule has 0 bridgehead atoms. The third-order valence-corrected chi connectivity index (χ3v) is 5.94. The molecule has 0 aliphatic carbocycles. The summed E-state index contributed by atoms with van der Waals surface area (Å²) in [6, 6.07) is 15.1. The van der Waals surface area contributed by atoms with Crippen LogP contribution in [-0.4, -0.2) is 35.1 Å². The summed E-state index contributed by atoms with van der Waals surface area (Å²) in [7, 11) is 0. The largest absolute Gasteiger partial charge is 0.354 e. The van der Waals surface area contributed by atoms with Crippen LogP contribution < -0.4 is 5.32 Å². The van der Waals surface area contributed by atoms with Crippen LogP contribution in [0.2, 0.25) is 5.02 Å². The fraction of sp³-hybridized carbons (Fsp3) is 0.417. The van der Waals surface area contributed by atoms with E-state index in [0.717, 1.165) is 22.4 Å². The molecule has 0 fully saturated rings. The summed E-state index contributed by atoms with van der Waals surface area (Å²) in [5, 5.41) is 3.65. The predicted molar refractivity (Wildman–Crippen MR) is 127 cm³/mol. The Balaban J connectivity index is 2.05. The molecule has 0 aromatic heterocycles. The maximum Gasteiger partial charge on any atom is 0.242 e. The molecule has 2 aromatic carbocycles. The molecule has 0 radical (unpaired) electrons. The van der Waals surface area contributed by atoms with Crippen molar-refractivity contribution < 1.29 is 9.59 Å². The van der Waals surface area contributed by atoms with Crippen LogP contribution in [0.5, 0.6) is 0 Å². The van der Waals surface area contributed by atoms with Crippen molar-refractivity contribution in [1.82, 2.24) is 10.2 Å². The van der Waals surface area contributed by atoms with E-state index in [1.807, 2.05) is 63.2 Å². The Morgan fingerprint density at radius 3 is 2.40 bits per heavy atom. The number of benzene rings is 2. The van der Waals surface area contributed by atoms with Crippen molar-refractivity contribution >= 4 is 35.2 Å². The molecule has 1 atom stereocenters. The molecule has 30 heavy (non-hydrogen) atoms. The SMILES string of the molecule is Cc1cccc(CN(C(=O)CSCc2ccc(Cl)cc2)C(C)C(=O)NCC(C)C)c1. The van der Waals surface area contributed by atoms with Gasteiger partial charge in [0.25, 0.3) is 0 Å². The molecule has 0 aliphatic rings. The van der Waals surface area contributed by atoms with Crippen LogP contribution in [0.15, 0.2) is 48.5 Å². The van der Waals surface area contributed by atoms with Gasteiger partial charge in [0.2, 0.25) is 11.8 Å². The van der Waals surface area contributed by atoms with E-state index in [1.165, 1.54) is 0 Å². The van der Waals surface area contributed by atoms with Crippen molar-refractivity contribution in [2.75, 3.05) is 12.3 Å². The number of halogens is 1. The first-order valence-electron chi connectivity index (χ1n) is 10.2. The minimum Gasteiger partial charge on any atom is -0.354 e. The van der Waals surface area contributed by atoms with Crippen LogP contribution in [0.1, 0.15) is 37.5 Å². The lowest BCUT2D eigenvalue weighted by molar-refractivity contribution is -0.138. The number of aryl methyl sites for hydroxylation is 1. The topological polar surface area (TPSA) is 49.4 Å². The highest BCUT2D eigenvalue weighted by Gasteiger charge is 2.26. The van der Waals surface area contributed by atoms with Crippen molar-refractivity contribution in [2.24, 2.45) is 5.92 Å². The summed E-state index contributed by atoms with van der Waals surface area (Å²) in [5.41, 5.74) is 3.27. The third kappa shape index (κ3) is 8.04. The maximum atomic E-state index is 13.1.